The van der Waals surface area contributed by atoms with Gasteiger partial charge in [-0.25, -0.2) is 8.42 Å². The molecule has 1 fully saturated rings. The van der Waals surface area contributed by atoms with Crippen LogP contribution >= 0.6 is 22.9 Å². The zero-order chi connectivity index (χ0) is 17.3. The lowest BCUT2D eigenvalue weighted by molar-refractivity contribution is 0.0683. The van der Waals surface area contributed by atoms with Gasteiger partial charge >= 0.3 is 0 Å². The first-order chi connectivity index (χ1) is 11.4. The average Bonchev–Trinajstić information content (AvgIpc) is 3.10. The number of amides is 1. The molecule has 1 amide bonds. The van der Waals surface area contributed by atoms with E-state index in [1.807, 2.05) is 18.4 Å². The van der Waals surface area contributed by atoms with Gasteiger partial charge in [-0.2, -0.15) is 0 Å². The second-order valence-electron chi connectivity index (χ2n) is 6.00. The van der Waals surface area contributed by atoms with E-state index in [9.17, 15) is 13.2 Å². The Labute approximate surface area is 151 Å². The number of hydrogen-bond acceptors (Lipinski definition) is 4. The maximum absolute atomic E-state index is 13.1. The largest absolute Gasteiger partial charge is 0.329 e. The summed E-state index contributed by atoms with van der Waals surface area (Å²) in [5, 5.41) is 2.37. The number of carbonyl (C=O) groups excluding carboxylic acids is 1. The van der Waals surface area contributed by atoms with Crippen molar-refractivity contribution in [3.63, 3.8) is 0 Å². The predicted octanol–water partition coefficient (Wildman–Crippen LogP) is 3.54. The highest BCUT2D eigenvalue weighted by Gasteiger charge is 2.35. The fraction of sp³-hybridized carbons (Fsp3) is 0.353. The van der Waals surface area contributed by atoms with Crippen LogP contribution < -0.4 is 0 Å². The van der Waals surface area contributed by atoms with Gasteiger partial charge in [0.15, 0.2) is 9.84 Å². The van der Waals surface area contributed by atoms with Gasteiger partial charge in [0.05, 0.1) is 28.6 Å². The molecule has 1 atom stereocenters. The van der Waals surface area contributed by atoms with Crippen LogP contribution in [0.3, 0.4) is 0 Å². The van der Waals surface area contributed by atoms with Crippen molar-refractivity contribution >= 4 is 38.7 Å². The van der Waals surface area contributed by atoms with Crippen LogP contribution in [-0.4, -0.2) is 36.8 Å². The van der Waals surface area contributed by atoms with Crippen molar-refractivity contribution in [2.24, 2.45) is 0 Å². The summed E-state index contributed by atoms with van der Waals surface area (Å²) in [7, 11) is -3.08. The van der Waals surface area contributed by atoms with Crippen molar-refractivity contribution in [2.45, 2.75) is 25.9 Å². The Morgan fingerprint density at radius 1 is 1.33 bits per heavy atom. The van der Waals surface area contributed by atoms with E-state index in [4.69, 9.17) is 11.6 Å². The zero-order valence-corrected chi connectivity index (χ0v) is 15.6. The summed E-state index contributed by atoms with van der Waals surface area (Å²) in [5.41, 5.74) is 1.52. The third-order valence-electron chi connectivity index (χ3n) is 4.30. The standard InChI is InChI=1S/C17H18ClNO3S2/c1-12-6-8-23-16(12)10-19(13-7-9-24(21,22)11-13)17(20)14-4-2-3-5-15(14)18/h2-6,8,13H,7,9-11H2,1H3/t13-/m1/s1. The predicted molar refractivity (Wildman–Crippen MR) is 97.4 cm³/mol. The van der Waals surface area contributed by atoms with Crippen LogP contribution in [-0.2, 0) is 16.4 Å². The first-order valence-corrected chi connectivity index (χ1v) is 10.7. The number of nitrogens with zero attached hydrogens (tertiary/aromatic N) is 1. The highest BCUT2D eigenvalue weighted by molar-refractivity contribution is 7.91. The van der Waals surface area contributed by atoms with Crippen LogP contribution in [0, 0.1) is 6.92 Å². The molecule has 1 saturated heterocycles. The molecular weight excluding hydrogens is 366 g/mol. The van der Waals surface area contributed by atoms with Gasteiger partial charge in [0, 0.05) is 10.9 Å². The highest BCUT2D eigenvalue weighted by Crippen LogP contribution is 2.27. The topological polar surface area (TPSA) is 54.5 Å². The van der Waals surface area contributed by atoms with Gasteiger partial charge in [-0.1, -0.05) is 23.7 Å². The Balaban J connectivity index is 1.94. The summed E-state index contributed by atoms with van der Waals surface area (Å²) in [5.74, 6) is -0.0587. The van der Waals surface area contributed by atoms with Gasteiger partial charge in [0.2, 0.25) is 0 Å². The van der Waals surface area contributed by atoms with Crippen LogP contribution in [0.2, 0.25) is 5.02 Å². The van der Waals surface area contributed by atoms with Crippen molar-refractivity contribution in [1.82, 2.24) is 4.90 Å². The van der Waals surface area contributed by atoms with E-state index in [1.165, 1.54) is 0 Å². The Kier molecular flexibility index (Phi) is 4.99. The summed E-state index contributed by atoms with van der Waals surface area (Å²) < 4.78 is 23.8. The Morgan fingerprint density at radius 2 is 2.08 bits per heavy atom. The van der Waals surface area contributed by atoms with Gasteiger partial charge in [0.25, 0.3) is 5.91 Å². The number of carbonyl (C=O) groups is 1. The van der Waals surface area contributed by atoms with E-state index in [-0.39, 0.29) is 23.5 Å². The SMILES string of the molecule is Cc1ccsc1CN(C(=O)c1ccccc1Cl)[C@@H]1CCS(=O)(=O)C1. The van der Waals surface area contributed by atoms with Crippen molar-refractivity contribution in [1.29, 1.82) is 0 Å². The number of benzene rings is 1. The second-order valence-corrected chi connectivity index (χ2v) is 9.63. The van der Waals surface area contributed by atoms with Crippen LogP contribution in [0.1, 0.15) is 27.2 Å². The number of halogens is 1. The molecule has 1 aliphatic heterocycles. The minimum absolute atomic E-state index is 0.0214. The summed E-state index contributed by atoms with van der Waals surface area (Å²) >= 11 is 7.75. The molecule has 24 heavy (non-hydrogen) atoms. The normalized spacial score (nSPS) is 19.3. The summed E-state index contributed by atoms with van der Waals surface area (Å²) in [6, 6.07) is 8.59. The molecule has 0 bridgehead atoms. The van der Waals surface area contributed by atoms with E-state index in [0.717, 1.165) is 10.4 Å². The van der Waals surface area contributed by atoms with E-state index in [1.54, 1.807) is 40.5 Å². The number of hydrogen-bond donors (Lipinski definition) is 0. The number of aryl methyl sites for hydroxylation is 1. The Hall–Kier alpha value is -1.37. The van der Waals surface area contributed by atoms with Crippen LogP contribution in [0.15, 0.2) is 35.7 Å². The molecule has 0 spiro atoms. The average molecular weight is 384 g/mol. The number of sulfone groups is 1. The lowest BCUT2D eigenvalue weighted by atomic mass is 10.1. The van der Waals surface area contributed by atoms with Gasteiger partial charge in [-0.15, -0.1) is 11.3 Å². The van der Waals surface area contributed by atoms with E-state index in [2.05, 4.69) is 0 Å². The minimum atomic E-state index is -3.08. The molecule has 1 aliphatic rings. The summed E-state index contributed by atoms with van der Waals surface area (Å²) in [4.78, 5) is 15.8. The second kappa shape index (κ2) is 6.86. The van der Waals surface area contributed by atoms with E-state index < -0.39 is 9.84 Å². The molecule has 4 nitrogen and oxygen atoms in total. The minimum Gasteiger partial charge on any atom is -0.329 e. The lowest BCUT2D eigenvalue weighted by Crippen LogP contribution is -2.40. The Morgan fingerprint density at radius 3 is 2.67 bits per heavy atom. The maximum Gasteiger partial charge on any atom is 0.255 e. The van der Waals surface area contributed by atoms with Crippen molar-refractivity contribution in [3.05, 3.63) is 56.7 Å². The molecule has 0 saturated carbocycles. The quantitative estimate of drug-likeness (QED) is 0.811. The maximum atomic E-state index is 13.1. The number of rotatable bonds is 4. The van der Waals surface area contributed by atoms with E-state index in [0.29, 0.717) is 23.6 Å². The zero-order valence-electron chi connectivity index (χ0n) is 13.2. The molecule has 1 aromatic heterocycles. The summed E-state index contributed by atoms with van der Waals surface area (Å²) in [6.45, 7) is 2.41. The monoisotopic (exact) mass is 383 g/mol. The summed E-state index contributed by atoms with van der Waals surface area (Å²) in [6.07, 6.45) is 0.475. The van der Waals surface area contributed by atoms with Crippen molar-refractivity contribution in [3.8, 4) is 0 Å². The highest BCUT2D eigenvalue weighted by atomic mass is 35.5. The third kappa shape index (κ3) is 3.66. The molecule has 3 rings (SSSR count). The van der Waals surface area contributed by atoms with Crippen molar-refractivity contribution < 1.29 is 13.2 Å². The molecule has 0 aliphatic carbocycles. The molecule has 1 aromatic carbocycles. The van der Waals surface area contributed by atoms with Gasteiger partial charge in [0.1, 0.15) is 0 Å². The van der Waals surface area contributed by atoms with Gasteiger partial charge in [-0.05, 0) is 42.5 Å². The fourth-order valence-electron chi connectivity index (χ4n) is 2.90. The molecule has 7 heteroatoms. The molecule has 128 valence electrons. The molecule has 2 heterocycles. The molecule has 0 unspecified atom stereocenters. The van der Waals surface area contributed by atoms with E-state index >= 15 is 0 Å². The third-order valence-corrected chi connectivity index (χ3v) is 7.38. The van der Waals surface area contributed by atoms with Gasteiger partial charge < -0.3 is 4.90 Å². The molecule has 0 N–H and O–H groups in total. The fourth-order valence-corrected chi connectivity index (χ4v) is 5.75. The van der Waals surface area contributed by atoms with Gasteiger partial charge in [-0.3, -0.25) is 4.79 Å². The first kappa shape index (κ1) is 17.5. The molecular formula is C17H18ClNO3S2. The first-order valence-electron chi connectivity index (χ1n) is 7.66. The number of thiophene rings is 1. The molecule has 2 aromatic rings. The lowest BCUT2D eigenvalue weighted by Gasteiger charge is -2.28. The smallest absolute Gasteiger partial charge is 0.255 e. The van der Waals surface area contributed by atoms with Crippen LogP contribution in [0.4, 0.5) is 0 Å². The Bertz CT molecular complexity index is 860. The van der Waals surface area contributed by atoms with Crippen molar-refractivity contribution in [2.75, 3.05) is 11.5 Å². The molecule has 0 radical (unpaired) electrons. The van der Waals surface area contributed by atoms with Crippen LogP contribution in [0.5, 0.6) is 0 Å². The van der Waals surface area contributed by atoms with Crippen LogP contribution in [0.25, 0.3) is 0 Å².